The van der Waals surface area contributed by atoms with Crippen molar-refractivity contribution in [1.29, 1.82) is 0 Å². The van der Waals surface area contributed by atoms with Crippen molar-refractivity contribution in [2.45, 2.75) is 19.8 Å². The molecule has 27 heavy (non-hydrogen) atoms. The number of piperidine rings is 1. The summed E-state index contributed by atoms with van der Waals surface area (Å²) in [6, 6.07) is 13.3. The first kappa shape index (κ1) is 23.1. The number of aromatic nitrogens is 1. The van der Waals surface area contributed by atoms with Crippen LogP contribution in [0.15, 0.2) is 48.7 Å². The lowest BCUT2D eigenvalue weighted by Crippen LogP contribution is -2.41. The average molecular weight is 411 g/mol. The van der Waals surface area contributed by atoms with E-state index in [1.54, 1.807) is 6.07 Å². The largest absolute Gasteiger partial charge is 0.398 e. The van der Waals surface area contributed by atoms with Crippen molar-refractivity contribution in [3.05, 3.63) is 54.2 Å². The Morgan fingerprint density at radius 2 is 1.81 bits per heavy atom. The molecule has 7 heteroatoms. The zero-order chi connectivity index (χ0) is 17.6. The third-order valence-corrected chi connectivity index (χ3v) is 4.93. The molecule has 3 rings (SSSR count). The van der Waals surface area contributed by atoms with Gasteiger partial charge in [0.25, 0.3) is 5.91 Å². The molecule has 148 valence electrons. The van der Waals surface area contributed by atoms with Gasteiger partial charge in [-0.05, 0) is 49.9 Å². The van der Waals surface area contributed by atoms with E-state index in [9.17, 15) is 4.79 Å². The Morgan fingerprint density at radius 3 is 2.41 bits per heavy atom. The van der Waals surface area contributed by atoms with Crippen LogP contribution in [0, 0.1) is 5.92 Å². The van der Waals surface area contributed by atoms with Crippen LogP contribution in [0.25, 0.3) is 0 Å². The molecular weight excluding hydrogens is 383 g/mol. The van der Waals surface area contributed by atoms with Crippen LogP contribution in [0.1, 0.15) is 30.1 Å². The van der Waals surface area contributed by atoms with Gasteiger partial charge in [0, 0.05) is 38.1 Å². The molecule has 0 unspecified atom stereocenters. The van der Waals surface area contributed by atoms with E-state index in [2.05, 4.69) is 16.0 Å². The Hall–Kier alpha value is -1.98. The van der Waals surface area contributed by atoms with Crippen LogP contribution in [0.3, 0.4) is 0 Å². The highest BCUT2D eigenvalue weighted by Crippen LogP contribution is 2.23. The third kappa shape index (κ3) is 5.75. The number of hydrogen-bond acceptors (Lipinski definition) is 4. The molecule has 1 aliphatic rings. The van der Waals surface area contributed by atoms with Gasteiger partial charge in [0.1, 0.15) is 5.82 Å². The van der Waals surface area contributed by atoms with Crippen molar-refractivity contribution in [2.24, 2.45) is 5.92 Å². The van der Waals surface area contributed by atoms with Crippen molar-refractivity contribution in [3.63, 3.8) is 0 Å². The third-order valence-electron chi connectivity index (χ3n) is 4.93. The zero-order valence-electron chi connectivity index (χ0n) is 15.6. The molecule has 0 bridgehead atoms. The van der Waals surface area contributed by atoms with E-state index in [1.807, 2.05) is 48.4 Å². The lowest BCUT2D eigenvalue weighted by atomic mass is 9.95. The highest BCUT2D eigenvalue weighted by Gasteiger charge is 2.24. The standard InChI is InChI=1S/C20H26N4O.2ClH/c1-2-23(20(25)17-7-3-4-8-18(17)21)15-16-10-13-24(14-11-16)19-9-5-6-12-22-19;;/h3-9,12,16H,2,10-11,13-15,21H2,1H3;2*1H. The number of nitrogens with two attached hydrogens (primary N) is 1. The molecule has 2 aromatic rings. The maximum atomic E-state index is 12.8. The molecule has 1 aromatic heterocycles. The van der Waals surface area contributed by atoms with Gasteiger partial charge in [0.15, 0.2) is 0 Å². The summed E-state index contributed by atoms with van der Waals surface area (Å²) in [5.74, 6) is 1.60. The Morgan fingerprint density at radius 1 is 1.15 bits per heavy atom. The second kappa shape index (κ2) is 11.0. The van der Waals surface area contributed by atoms with E-state index in [0.717, 1.165) is 38.3 Å². The summed E-state index contributed by atoms with van der Waals surface area (Å²) in [5, 5.41) is 0. The number of hydrogen-bond donors (Lipinski definition) is 1. The summed E-state index contributed by atoms with van der Waals surface area (Å²) >= 11 is 0. The molecule has 1 fully saturated rings. The fraction of sp³-hybridized carbons (Fsp3) is 0.400. The molecule has 1 amide bonds. The number of halogens is 2. The van der Waals surface area contributed by atoms with E-state index < -0.39 is 0 Å². The molecule has 0 atom stereocenters. The number of nitrogen functional groups attached to an aromatic ring is 1. The van der Waals surface area contributed by atoms with Gasteiger partial charge in [-0.2, -0.15) is 0 Å². The molecular formula is C20H28Cl2N4O. The maximum absolute atomic E-state index is 12.8. The predicted molar refractivity (Wildman–Crippen MR) is 116 cm³/mol. The lowest BCUT2D eigenvalue weighted by molar-refractivity contribution is 0.0730. The minimum Gasteiger partial charge on any atom is -0.398 e. The molecule has 1 saturated heterocycles. The van der Waals surface area contributed by atoms with Gasteiger partial charge < -0.3 is 15.5 Å². The summed E-state index contributed by atoms with van der Waals surface area (Å²) in [5.41, 5.74) is 7.13. The summed E-state index contributed by atoms with van der Waals surface area (Å²) < 4.78 is 0. The molecule has 1 aromatic carbocycles. The highest BCUT2D eigenvalue weighted by atomic mass is 35.5. The van der Waals surface area contributed by atoms with Gasteiger partial charge in [-0.15, -0.1) is 24.8 Å². The molecule has 0 saturated carbocycles. The second-order valence-corrected chi connectivity index (χ2v) is 6.55. The number of carbonyl (C=O) groups is 1. The first-order chi connectivity index (χ1) is 12.2. The minimum absolute atomic E-state index is 0. The summed E-state index contributed by atoms with van der Waals surface area (Å²) in [7, 11) is 0. The Balaban J connectivity index is 0.00000182. The van der Waals surface area contributed by atoms with Gasteiger partial charge in [-0.25, -0.2) is 4.98 Å². The Labute approximate surface area is 173 Å². The molecule has 1 aliphatic heterocycles. The quantitative estimate of drug-likeness (QED) is 0.759. The molecule has 2 N–H and O–H groups in total. The topological polar surface area (TPSA) is 62.5 Å². The van der Waals surface area contributed by atoms with Crippen molar-refractivity contribution >= 4 is 42.2 Å². The van der Waals surface area contributed by atoms with Crippen molar-refractivity contribution in [3.8, 4) is 0 Å². The first-order valence-corrected chi connectivity index (χ1v) is 8.98. The van der Waals surface area contributed by atoms with Crippen LogP contribution in [-0.2, 0) is 0 Å². The van der Waals surface area contributed by atoms with Crippen LogP contribution in [0.2, 0.25) is 0 Å². The maximum Gasteiger partial charge on any atom is 0.255 e. The highest BCUT2D eigenvalue weighted by molar-refractivity contribution is 5.99. The van der Waals surface area contributed by atoms with E-state index in [4.69, 9.17) is 5.73 Å². The summed E-state index contributed by atoms with van der Waals surface area (Å²) in [4.78, 5) is 21.5. The number of rotatable bonds is 5. The molecule has 0 spiro atoms. The second-order valence-electron chi connectivity index (χ2n) is 6.55. The monoisotopic (exact) mass is 410 g/mol. The zero-order valence-corrected chi connectivity index (χ0v) is 17.2. The lowest BCUT2D eigenvalue weighted by Gasteiger charge is -2.35. The van der Waals surface area contributed by atoms with Crippen molar-refractivity contribution in [2.75, 3.05) is 36.8 Å². The van der Waals surface area contributed by atoms with Crippen LogP contribution < -0.4 is 10.6 Å². The van der Waals surface area contributed by atoms with Gasteiger partial charge in [0.2, 0.25) is 0 Å². The van der Waals surface area contributed by atoms with E-state index >= 15 is 0 Å². The smallest absolute Gasteiger partial charge is 0.255 e. The minimum atomic E-state index is 0. The van der Waals surface area contributed by atoms with E-state index in [-0.39, 0.29) is 30.7 Å². The van der Waals surface area contributed by atoms with Gasteiger partial charge in [-0.1, -0.05) is 18.2 Å². The Bertz CT molecular complexity index is 706. The van der Waals surface area contributed by atoms with Gasteiger partial charge in [0.05, 0.1) is 5.56 Å². The number of carbonyl (C=O) groups excluding carboxylic acids is 1. The van der Waals surface area contributed by atoms with Crippen LogP contribution in [0.5, 0.6) is 0 Å². The SMILES string of the molecule is CCN(CC1CCN(c2ccccn2)CC1)C(=O)c1ccccc1N.Cl.Cl. The van der Waals surface area contributed by atoms with Crippen LogP contribution in [0.4, 0.5) is 11.5 Å². The number of para-hydroxylation sites is 1. The van der Waals surface area contributed by atoms with E-state index in [0.29, 0.717) is 23.7 Å². The predicted octanol–water partition coefficient (Wildman–Crippen LogP) is 3.89. The fourth-order valence-electron chi connectivity index (χ4n) is 3.41. The van der Waals surface area contributed by atoms with Gasteiger partial charge in [-0.3, -0.25) is 4.79 Å². The number of amides is 1. The van der Waals surface area contributed by atoms with Crippen LogP contribution >= 0.6 is 24.8 Å². The molecule has 0 radical (unpaired) electrons. The summed E-state index contributed by atoms with van der Waals surface area (Å²) in [6.07, 6.45) is 3.98. The van der Waals surface area contributed by atoms with Gasteiger partial charge >= 0.3 is 0 Å². The first-order valence-electron chi connectivity index (χ1n) is 8.98. The summed E-state index contributed by atoms with van der Waals surface area (Å²) in [6.45, 7) is 5.50. The fourth-order valence-corrected chi connectivity index (χ4v) is 3.41. The number of anilines is 2. The number of benzene rings is 1. The number of nitrogens with zero attached hydrogens (tertiary/aromatic N) is 3. The van der Waals surface area contributed by atoms with Crippen LogP contribution in [-0.4, -0.2) is 42.0 Å². The van der Waals surface area contributed by atoms with E-state index in [1.165, 1.54) is 0 Å². The molecule has 2 heterocycles. The molecule has 5 nitrogen and oxygen atoms in total. The molecule has 0 aliphatic carbocycles. The van der Waals surface area contributed by atoms with Crippen molar-refractivity contribution < 1.29 is 4.79 Å². The normalized spacial score (nSPS) is 14.0. The number of pyridine rings is 1. The Kier molecular flexibility index (Phi) is 9.39. The van der Waals surface area contributed by atoms with Crippen molar-refractivity contribution in [1.82, 2.24) is 9.88 Å². The average Bonchev–Trinajstić information content (AvgIpc) is 2.67.